The Kier molecular flexibility index (Phi) is 4.67. The Morgan fingerprint density at radius 2 is 1.73 bits per heavy atom. The number of fused-ring (bicyclic) bond motifs is 1. The van der Waals surface area contributed by atoms with Crippen molar-refractivity contribution in [3.8, 4) is 5.75 Å². The average Bonchev–Trinajstić information content (AvgIpc) is 2.23. The van der Waals surface area contributed by atoms with Crippen molar-refractivity contribution in [3.05, 3.63) is 36.4 Å². The van der Waals surface area contributed by atoms with Crippen LogP contribution in [-0.2, 0) is 4.79 Å². The van der Waals surface area contributed by atoms with Gasteiger partial charge in [-0.1, -0.05) is 42.1 Å². The third-order valence-corrected chi connectivity index (χ3v) is 2.73. The largest absolute Gasteiger partial charge is 1.00 e. The predicted octanol–water partition coefficient (Wildman–Crippen LogP) is -0.800. The van der Waals surface area contributed by atoms with Crippen molar-refractivity contribution in [1.29, 1.82) is 0 Å². The summed E-state index contributed by atoms with van der Waals surface area (Å²) < 4.78 is 0. The number of hydrogen-bond acceptors (Lipinski definition) is 3. The number of thioether (sulfide) groups is 1. The smallest absolute Gasteiger partial charge is 0.872 e. The third kappa shape index (κ3) is 2.55. The van der Waals surface area contributed by atoms with Gasteiger partial charge in [0.25, 0.3) is 0 Å². The van der Waals surface area contributed by atoms with Crippen LogP contribution in [0.5, 0.6) is 5.75 Å². The van der Waals surface area contributed by atoms with Crippen LogP contribution in [0.2, 0.25) is 0 Å². The molecule has 0 heterocycles. The molecule has 15 heavy (non-hydrogen) atoms. The molecule has 0 aliphatic rings. The fourth-order valence-electron chi connectivity index (χ4n) is 1.40. The summed E-state index contributed by atoms with van der Waals surface area (Å²) in [5.74, 6) is -0.00384. The van der Waals surface area contributed by atoms with E-state index in [9.17, 15) is 9.90 Å². The van der Waals surface area contributed by atoms with Gasteiger partial charge in [-0.3, -0.25) is 4.79 Å². The Labute approximate surface area is 114 Å². The second kappa shape index (κ2) is 5.56. The van der Waals surface area contributed by atoms with Gasteiger partial charge >= 0.3 is 29.6 Å². The van der Waals surface area contributed by atoms with Crippen LogP contribution in [0.4, 0.5) is 0 Å². The molecule has 0 unspecified atom stereocenters. The standard InChI is InChI=1S/C11H8O2S.Na/c12-7-14-11-6-5-10(13)8-3-1-2-4-9(8)11;/h1-7,13H;/q;+1/p-1. The Hall–Kier alpha value is -0.480. The van der Waals surface area contributed by atoms with Crippen molar-refractivity contribution < 1.29 is 39.5 Å². The van der Waals surface area contributed by atoms with Crippen molar-refractivity contribution in [3.63, 3.8) is 0 Å². The molecule has 0 fully saturated rings. The van der Waals surface area contributed by atoms with Gasteiger partial charge in [0.1, 0.15) is 0 Å². The molecule has 0 saturated carbocycles. The first-order valence-electron chi connectivity index (χ1n) is 4.12. The van der Waals surface area contributed by atoms with E-state index in [2.05, 4.69) is 0 Å². The van der Waals surface area contributed by atoms with Crippen molar-refractivity contribution >= 4 is 28.2 Å². The minimum absolute atomic E-state index is 0. The van der Waals surface area contributed by atoms with Crippen molar-refractivity contribution in [2.75, 3.05) is 0 Å². The molecule has 0 aliphatic carbocycles. The van der Waals surface area contributed by atoms with Gasteiger partial charge in [-0.15, -0.1) is 5.75 Å². The van der Waals surface area contributed by atoms with Gasteiger partial charge in [0.15, 0.2) is 5.62 Å². The fourth-order valence-corrected chi connectivity index (χ4v) is 1.95. The number of rotatable bonds is 2. The van der Waals surface area contributed by atoms with Crippen molar-refractivity contribution in [2.24, 2.45) is 0 Å². The number of hydrogen-bond donors (Lipinski definition) is 0. The summed E-state index contributed by atoms with van der Waals surface area (Å²) in [4.78, 5) is 11.2. The first kappa shape index (κ1) is 12.6. The maximum absolute atomic E-state index is 11.4. The van der Waals surface area contributed by atoms with E-state index >= 15 is 0 Å². The monoisotopic (exact) mass is 226 g/mol. The average molecular weight is 226 g/mol. The maximum Gasteiger partial charge on any atom is 1.00 e. The van der Waals surface area contributed by atoms with Gasteiger partial charge in [0, 0.05) is 4.90 Å². The Balaban J connectivity index is 0.00000112. The van der Waals surface area contributed by atoms with Gasteiger partial charge in [-0.2, -0.15) is 0 Å². The maximum atomic E-state index is 11.4. The van der Waals surface area contributed by atoms with Gasteiger partial charge < -0.3 is 5.11 Å². The molecular formula is C11H7NaO2S. The molecule has 0 bridgehead atoms. The van der Waals surface area contributed by atoms with E-state index < -0.39 is 0 Å². The summed E-state index contributed by atoms with van der Waals surface area (Å²) in [6.07, 6.45) is 0. The molecule has 0 radical (unpaired) electrons. The van der Waals surface area contributed by atoms with E-state index in [0.717, 1.165) is 27.7 Å². The van der Waals surface area contributed by atoms with Crippen LogP contribution in [0, 0.1) is 0 Å². The van der Waals surface area contributed by atoms with E-state index in [0.29, 0.717) is 5.39 Å². The van der Waals surface area contributed by atoms with Gasteiger partial charge in [0.2, 0.25) is 0 Å². The summed E-state index contributed by atoms with van der Waals surface area (Å²) in [6, 6.07) is 10.5. The minimum atomic E-state index is -0.00384. The second-order valence-corrected chi connectivity index (χ2v) is 3.69. The molecule has 2 nitrogen and oxygen atoms in total. The van der Waals surface area contributed by atoms with Crippen LogP contribution in [0.1, 0.15) is 0 Å². The van der Waals surface area contributed by atoms with Crippen LogP contribution in [-0.4, -0.2) is 5.62 Å². The summed E-state index contributed by atoms with van der Waals surface area (Å²) in [5.41, 5.74) is 0.770. The topological polar surface area (TPSA) is 40.1 Å². The summed E-state index contributed by atoms with van der Waals surface area (Å²) in [5, 5.41) is 12.9. The first-order valence-corrected chi connectivity index (χ1v) is 5.00. The van der Waals surface area contributed by atoms with Crippen molar-refractivity contribution in [1.82, 2.24) is 0 Å². The van der Waals surface area contributed by atoms with E-state index in [1.807, 2.05) is 18.2 Å². The van der Waals surface area contributed by atoms with Crippen molar-refractivity contribution in [2.45, 2.75) is 4.90 Å². The zero-order valence-corrected chi connectivity index (χ0v) is 11.1. The molecule has 0 N–H and O–H groups in total. The molecule has 0 saturated heterocycles. The molecule has 2 aromatic rings. The third-order valence-electron chi connectivity index (χ3n) is 2.02. The second-order valence-electron chi connectivity index (χ2n) is 2.82. The van der Waals surface area contributed by atoms with Crippen LogP contribution in [0.3, 0.4) is 0 Å². The fraction of sp³-hybridized carbons (Fsp3) is 0. The Morgan fingerprint density at radius 1 is 1.07 bits per heavy atom. The number of carbonyl (C=O) groups excluding carboxylic acids is 1. The molecule has 4 heteroatoms. The number of benzene rings is 2. The molecule has 0 amide bonds. The van der Waals surface area contributed by atoms with Crippen LogP contribution in [0.25, 0.3) is 10.8 Å². The molecule has 0 spiro atoms. The van der Waals surface area contributed by atoms with Crippen LogP contribution in [0.15, 0.2) is 41.3 Å². The molecule has 0 atom stereocenters. The Bertz CT molecular complexity index is 485. The number of carbonyl (C=O) groups is 1. The van der Waals surface area contributed by atoms with Gasteiger partial charge in [0.05, 0.1) is 0 Å². The van der Waals surface area contributed by atoms with E-state index in [-0.39, 0.29) is 35.3 Å². The zero-order valence-electron chi connectivity index (χ0n) is 8.27. The molecule has 0 aromatic heterocycles. The van der Waals surface area contributed by atoms with Crippen LogP contribution < -0.4 is 34.7 Å². The van der Waals surface area contributed by atoms with E-state index in [1.54, 1.807) is 12.1 Å². The summed E-state index contributed by atoms with van der Waals surface area (Å²) in [6.45, 7) is 0. The molecule has 70 valence electrons. The summed E-state index contributed by atoms with van der Waals surface area (Å²) >= 11 is 1.09. The Morgan fingerprint density at radius 3 is 2.40 bits per heavy atom. The molecule has 2 rings (SSSR count). The predicted molar refractivity (Wildman–Crippen MR) is 56.0 cm³/mol. The normalized spacial score (nSPS) is 9.60. The molecular weight excluding hydrogens is 219 g/mol. The minimum Gasteiger partial charge on any atom is -0.872 e. The zero-order chi connectivity index (χ0) is 9.97. The van der Waals surface area contributed by atoms with E-state index in [4.69, 9.17) is 0 Å². The summed E-state index contributed by atoms with van der Waals surface area (Å²) in [7, 11) is 0. The van der Waals surface area contributed by atoms with Gasteiger partial charge in [-0.05, 0) is 16.8 Å². The first-order chi connectivity index (χ1) is 6.83. The SMILES string of the molecule is O=CSc1ccc([O-])c2ccccc12.[Na+]. The van der Waals surface area contributed by atoms with E-state index in [1.165, 1.54) is 6.07 Å². The molecule has 2 aromatic carbocycles. The molecule has 0 aliphatic heterocycles. The van der Waals surface area contributed by atoms with Crippen LogP contribution >= 0.6 is 11.8 Å². The quantitative estimate of drug-likeness (QED) is 0.382. The van der Waals surface area contributed by atoms with Gasteiger partial charge in [-0.25, -0.2) is 0 Å².